The van der Waals surface area contributed by atoms with Crippen LogP contribution in [-0.4, -0.2) is 26.8 Å². The van der Waals surface area contributed by atoms with Gasteiger partial charge in [-0.15, -0.1) is 0 Å². The highest BCUT2D eigenvalue weighted by Gasteiger charge is 2.31. The summed E-state index contributed by atoms with van der Waals surface area (Å²) in [5, 5.41) is 12.7. The van der Waals surface area contributed by atoms with Crippen molar-refractivity contribution >= 4 is 16.8 Å². The number of aromatic nitrogens is 2. The molecule has 1 saturated heterocycles. The highest BCUT2D eigenvalue weighted by Crippen LogP contribution is 2.23. The molecule has 128 valence electrons. The molecule has 24 heavy (non-hydrogen) atoms. The number of hydrogen-bond donors (Lipinski definition) is 2. The Balaban J connectivity index is 2.19. The quantitative estimate of drug-likeness (QED) is 0.896. The molecule has 0 aliphatic carbocycles. The van der Waals surface area contributed by atoms with Crippen LogP contribution in [0.25, 0.3) is 10.9 Å². The lowest BCUT2D eigenvalue weighted by atomic mass is 10.0. The Morgan fingerprint density at radius 2 is 2.12 bits per heavy atom. The molecule has 0 saturated carbocycles. The topological polar surface area (TPSA) is 84.2 Å². The number of carbonyl (C=O) groups is 1. The predicted octanol–water partition coefficient (Wildman–Crippen LogP) is 1.82. The lowest BCUT2D eigenvalue weighted by molar-refractivity contribution is -0.130. The van der Waals surface area contributed by atoms with Crippen molar-refractivity contribution in [1.82, 2.24) is 14.9 Å². The van der Waals surface area contributed by atoms with Crippen molar-refractivity contribution in [3.05, 3.63) is 39.9 Å². The van der Waals surface area contributed by atoms with Crippen LogP contribution in [-0.2, 0) is 11.2 Å². The SMILES string of the molecule is CCCCc1nc2cccc(C)c2c(=O)n1C1CCC(O)NC1=O. The molecular weight excluding hydrogens is 306 g/mol. The van der Waals surface area contributed by atoms with E-state index in [0.29, 0.717) is 36.0 Å². The van der Waals surface area contributed by atoms with Gasteiger partial charge in [0.2, 0.25) is 5.91 Å². The third-order valence-corrected chi connectivity index (χ3v) is 4.60. The van der Waals surface area contributed by atoms with E-state index < -0.39 is 12.3 Å². The van der Waals surface area contributed by atoms with Crippen LogP contribution < -0.4 is 10.9 Å². The van der Waals surface area contributed by atoms with Crippen LogP contribution >= 0.6 is 0 Å². The van der Waals surface area contributed by atoms with E-state index in [1.165, 1.54) is 0 Å². The van der Waals surface area contributed by atoms with Crippen LogP contribution in [0.4, 0.5) is 0 Å². The molecule has 2 aromatic rings. The van der Waals surface area contributed by atoms with Gasteiger partial charge in [-0.1, -0.05) is 25.5 Å². The van der Waals surface area contributed by atoms with E-state index >= 15 is 0 Å². The minimum atomic E-state index is -0.835. The summed E-state index contributed by atoms with van der Waals surface area (Å²) in [7, 11) is 0. The standard InChI is InChI=1S/C18H23N3O3/c1-3-4-8-14-19-12-7-5-6-11(2)16(12)18(24)21(14)13-9-10-15(22)20-17(13)23/h5-7,13,15,22H,3-4,8-10H2,1-2H3,(H,20,23). The van der Waals surface area contributed by atoms with Crippen LogP contribution in [0.15, 0.2) is 23.0 Å². The van der Waals surface area contributed by atoms with Gasteiger partial charge >= 0.3 is 0 Å². The number of nitrogens with one attached hydrogen (secondary N) is 1. The van der Waals surface area contributed by atoms with Crippen molar-refractivity contribution in [3.63, 3.8) is 0 Å². The summed E-state index contributed by atoms with van der Waals surface area (Å²) in [6.07, 6.45) is 2.58. The molecule has 2 heterocycles. The summed E-state index contributed by atoms with van der Waals surface area (Å²) in [6, 6.07) is 5.01. The number of carbonyl (C=O) groups excluding carboxylic acids is 1. The van der Waals surface area contributed by atoms with Crippen LogP contribution in [0.3, 0.4) is 0 Å². The van der Waals surface area contributed by atoms with Crippen molar-refractivity contribution in [3.8, 4) is 0 Å². The zero-order chi connectivity index (χ0) is 17.3. The molecule has 2 N–H and O–H groups in total. The van der Waals surface area contributed by atoms with Gasteiger partial charge < -0.3 is 10.4 Å². The average molecular weight is 329 g/mol. The third kappa shape index (κ3) is 2.94. The first-order chi connectivity index (χ1) is 11.5. The summed E-state index contributed by atoms with van der Waals surface area (Å²) in [5.74, 6) is 0.333. The number of unbranched alkanes of at least 4 members (excludes halogenated alkanes) is 1. The molecule has 0 radical (unpaired) electrons. The van der Waals surface area contributed by atoms with Gasteiger partial charge in [-0.05, 0) is 37.8 Å². The number of fused-ring (bicyclic) bond motifs is 1. The molecule has 1 aromatic carbocycles. The van der Waals surface area contributed by atoms with Crippen LogP contribution in [0.1, 0.15) is 50.0 Å². The van der Waals surface area contributed by atoms with Gasteiger partial charge in [0.05, 0.1) is 10.9 Å². The first-order valence-corrected chi connectivity index (χ1v) is 8.52. The zero-order valence-corrected chi connectivity index (χ0v) is 14.1. The van der Waals surface area contributed by atoms with Crippen molar-refractivity contribution in [1.29, 1.82) is 0 Å². The van der Waals surface area contributed by atoms with Gasteiger partial charge in [-0.3, -0.25) is 14.2 Å². The Labute approximate surface area is 140 Å². The van der Waals surface area contributed by atoms with Crippen LogP contribution in [0, 0.1) is 6.92 Å². The van der Waals surface area contributed by atoms with Gasteiger partial charge in [0, 0.05) is 6.42 Å². The van der Waals surface area contributed by atoms with Gasteiger partial charge in [-0.25, -0.2) is 4.98 Å². The molecule has 1 aliphatic rings. The fraction of sp³-hybridized carbons (Fsp3) is 0.500. The van der Waals surface area contributed by atoms with E-state index in [0.717, 1.165) is 18.4 Å². The normalized spacial score (nSPS) is 21.0. The first kappa shape index (κ1) is 16.6. The Morgan fingerprint density at radius 3 is 2.83 bits per heavy atom. The molecule has 6 nitrogen and oxygen atoms in total. The highest BCUT2D eigenvalue weighted by atomic mass is 16.3. The average Bonchev–Trinajstić information content (AvgIpc) is 2.54. The number of aliphatic hydroxyl groups is 1. The second-order valence-corrected chi connectivity index (χ2v) is 6.39. The molecule has 2 unspecified atom stereocenters. The number of rotatable bonds is 4. The molecule has 0 spiro atoms. The highest BCUT2D eigenvalue weighted by molar-refractivity contribution is 5.84. The van der Waals surface area contributed by atoms with Crippen molar-refractivity contribution in [2.75, 3.05) is 0 Å². The molecule has 3 rings (SSSR count). The Bertz CT molecular complexity index is 828. The molecular formula is C18H23N3O3. The second-order valence-electron chi connectivity index (χ2n) is 6.39. The van der Waals surface area contributed by atoms with E-state index in [-0.39, 0.29) is 11.5 Å². The fourth-order valence-electron chi connectivity index (χ4n) is 3.31. The summed E-state index contributed by atoms with van der Waals surface area (Å²) < 4.78 is 1.55. The largest absolute Gasteiger partial charge is 0.374 e. The van der Waals surface area contributed by atoms with Gasteiger partial charge in [0.25, 0.3) is 5.56 Å². The predicted molar refractivity (Wildman–Crippen MR) is 91.8 cm³/mol. The number of aryl methyl sites for hydroxylation is 2. The molecule has 1 fully saturated rings. The van der Waals surface area contributed by atoms with E-state index in [1.807, 2.05) is 25.1 Å². The molecule has 6 heteroatoms. The third-order valence-electron chi connectivity index (χ3n) is 4.60. The molecule has 0 bridgehead atoms. The van der Waals surface area contributed by atoms with Crippen molar-refractivity contribution < 1.29 is 9.90 Å². The lowest BCUT2D eigenvalue weighted by Crippen LogP contribution is -2.47. The maximum Gasteiger partial charge on any atom is 0.262 e. The number of benzene rings is 1. The fourth-order valence-corrected chi connectivity index (χ4v) is 3.31. The van der Waals surface area contributed by atoms with Crippen molar-refractivity contribution in [2.24, 2.45) is 0 Å². The number of amides is 1. The summed E-state index contributed by atoms with van der Waals surface area (Å²) in [6.45, 7) is 3.96. The monoisotopic (exact) mass is 329 g/mol. The van der Waals surface area contributed by atoms with E-state index in [1.54, 1.807) is 4.57 Å². The smallest absolute Gasteiger partial charge is 0.262 e. The van der Waals surface area contributed by atoms with Crippen LogP contribution in [0.2, 0.25) is 0 Å². The minimum absolute atomic E-state index is 0.166. The number of piperidine rings is 1. The number of nitrogens with zero attached hydrogens (tertiary/aromatic N) is 2. The Hall–Kier alpha value is -2.21. The van der Waals surface area contributed by atoms with Crippen molar-refractivity contribution in [2.45, 2.75) is 58.2 Å². The van der Waals surface area contributed by atoms with Gasteiger partial charge in [-0.2, -0.15) is 0 Å². The molecule has 1 aromatic heterocycles. The Morgan fingerprint density at radius 1 is 1.33 bits per heavy atom. The second kappa shape index (κ2) is 6.73. The molecule has 2 atom stereocenters. The summed E-state index contributed by atoms with van der Waals surface area (Å²) in [4.78, 5) is 30.2. The Kier molecular flexibility index (Phi) is 4.66. The van der Waals surface area contributed by atoms with E-state index in [4.69, 9.17) is 0 Å². The number of aliphatic hydroxyl groups excluding tert-OH is 1. The van der Waals surface area contributed by atoms with Gasteiger partial charge in [0.1, 0.15) is 18.1 Å². The minimum Gasteiger partial charge on any atom is -0.374 e. The van der Waals surface area contributed by atoms with E-state index in [9.17, 15) is 14.7 Å². The zero-order valence-electron chi connectivity index (χ0n) is 14.1. The van der Waals surface area contributed by atoms with E-state index in [2.05, 4.69) is 17.2 Å². The molecule has 1 amide bonds. The number of hydrogen-bond acceptors (Lipinski definition) is 4. The summed E-state index contributed by atoms with van der Waals surface area (Å²) >= 11 is 0. The summed E-state index contributed by atoms with van der Waals surface area (Å²) in [5.41, 5.74) is 1.37. The maximum absolute atomic E-state index is 13.1. The van der Waals surface area contributed by atoms with Gasteiger partial charge in [0.15, 0.2) is 0 Å². The molecule has 1 aliphatic heterocycles. The van der Waals surface area contributed by atoms with Crippen LogP contribution in [0.5, 0.6) is 0 Å². The first-order valence-electron chi connectivity index (χ1n) is 8.52. The lowest BCUT2D eigenvalue weighted by Gasteiger charge is -2.29. The maximum atomic E-state index is 13.1.